The lowest BCUT2D eigenvalue weighted by atomic mass is 10.1. The molecule has 0 aliphatic heterocycles. The number of nitrogens with one attached hydrogen (secondary N) is 6. The number of hydrogen-bond acceptors (Lipinski definition) is 12. The van der Waals surface area contributed by atoms with Crippen molar-refractivity contribution in [1.82, 2.24) is 91.1 Å². The van der Waals surface area contributed by atoms with Crippen LogP contribution in [0.3, 0.4) is 0 Å². The first-order valence-corrected chi connectivity index (χ1v) is 22.5. The highest BCUT2D eigenvalue weighted by molar-refractivity contribution is 9.10. The molecule has 0 spiro atoms. The van der Waals surface area contributed by atoms with E-state index in [4.69, 9.17) is 11.6 Å². The molecule has 6 N–H and O–H groups in total. The molecule has 12 aromatic rings. The number of benzene rings is 6. The molecular formula is C51H47BrClFN18. The van der Waals surface area contributed by atoms with Crippen LogP contribution in [0.4, 0.5) is 4.39 Å². The molecule has 0 radical (unpaired) electrons. The first kappa shape index (κ1) is 52.2. The van der Waals surface area contributed by atoms with Gasteiger partial charge in [0.1, 0.15) is 43.8 Å². The smallest absolute Gasteiger partial charge is 0.155 e. The number of aryl methyl sites for hydroxylation is 2. The van der Waals surface area contributed by atoms with Gasteiger partial charge in [0.05, 0.1) is 0 Å². The minimum Gasteiger partial charge on any atom is -0.259 e. The van der Waals surface area contributed by atoms with Gasteiger partial charge in [0.25, 0.3) is 0 Å². The Kier molecular flexibility index (Phi) is 20.1. The number of hydrogen-bond donors (Lipinski definition) is 6. The van der Waals surface area contributed by atoms with Crippen LogP contribution >= 0.6 is 27.5 Å². The predicted molar refractivity (Wildman–Crippen MR) is 280 cm³/mol. The first-order chi connectivity index (χ1) is 34.8. The van der Waals surface area contributed by atoms with Gasteiger partial charge in [0.2, 0.25) is 0 Å². The highest BCUT2D eigenvalue weighted by Crippen LogP contribution is 2.19. The van der Waals surface area contributed by atoms with Crippen molar-refractivity contribution in [3.05, 3.63) is 216 Å². The van der Waals surface area contributed by atoms with E-state index in [9.17, 15) is 4.39 Å². The molecule has 362 valence electrons. The van der Waals surface area contributed by atoms with Gasteiger partial charge in [0.15, 0.2) is 34.9 Å². The van der Waals surface area contributed by atoms with Crippen LogP contribution in [-0.2, 0) is 0 Å². The Labute approximate surface area is 426 Å². The fourth-order valence-corrected chi connectivity index (χ4v) is 6.30. The zero-order valence-electron chi connectivity index (χ0n) is 37.9. The van der Waals surface area contributed by atoms with Gasteiger partial charge in [-0.15, -0.1) is 0 Å². The minimum absolute atomic E-state index is 0. The summed E-state index contributed by atoms with van der Waals surface area (Å²) in [6, 6.07) is 47.6. The second-order valence-corrected chi connectivity index (χ2v) is 16.0. The van der Waals surface area contributed by atoms with E-state index in [1.807, 2.05) is 103 Å². The Bertz CT molecular complexity index is 2790. The average Bonchev–Trinajstić information content (AvgIpc) is 4.27. The molecule has 6 aromatic heterocycles. The van der Waals surface area contributed by atoms with E-state index in [1.54, 1.807) is 12.1 Å². The molecular weight excluding hydrogens is 999 g/mol. The van der Waals surface area contributed by atoms with Gasteiger partial charge in [-0.05, 0) is 74.5 Å². The zero-order valence-corrected chi connectivity index (χ0v) is 40.2. The van der Waals surface area contributed by atoms with Crippen LogP contribution in [0.5, 0.6) is 0 Å². The molecule has 0 amide bonds. The Balaban J connectivity index is 0.000000141. The van der Waals surface area contributed by atoms with Gasteiger partial charge in [-0.25, -0.2) is 34.3 Å². The third-order valence-corrected chi connectivity index (χ3v) is 10.3. The summed E-state index contributed by atoms with van der Waals surface area (Å²) < 4.78 is 13.5. The van der Waals surface area contributed by atoms with Gasteiger partial charge in [0, 0.05) is 42.9 Å². The van der Waals surface area contributed by atoms with Gasteiger partial charge < -0.3 is 0 Å². The van der Waals surface area contributed by atoms with Crippen LogP contribution < -0.4 is 0 Å². The van der Waals surface area contributed by atoms with Crippen LogP contribution in [0.1, 0.15) is 18.6 Å². The van der Waals surface area contributed by atoms with Crippen LogP contribution in [-0.4, -0.2) is 91.1 Å². The standard InChI is InChI=1S/2C9H9N3.C8H6BrN3.C8H6ClN3.C8H6FN3.C8H7N3.CH4/c2*1-7-2-4-8(5-3-7)9-10-6-11-12-9;3*9-7-3-1-6(2-4-7)8-10-5-11-12-8;1-2-4-7(5-3-1)8-9-6-10-11-8;/h2*2-6H,1H3,(H,10,11,12);3*1-5H,(H,10,11,12);1-6H,(H,9,10,11);1H4. The average molecular weight is 1050 g/mol. The fraction of sp³-hybridized carbons (Fsp3) is 0.0588. The molecule has 0 aliphatic carbocycles. The number of aromatic amines is 6. The Morgan fingerprint density at radius 2 is 0.597 bits per heavy atom. The van der Waals surface area contributed by atoms with E-state index in [0.717, 1.165) is 72.0 Å². The summed E-state index contributed by atoms with van der Waals surface area (Å²) in [7, 11) is 0. The highest BCUT2D eigenvalue weighted by Gasteiger charge is 2.02. The molecule has 0 saturated heterocycles. The summed E-state index contributed by atoms with van der Waals surface area (Å²) in [5.74, 6) is 4.39. The minimum atomic E-state index is -0.252. The summed E-state index contributed by atoms with van der Waals surface area (Å²) in [6.45, 7) is 4.12. The normalized spacial score (nSPS) is 9.90. The molecule has 6 aromatic carbocycles. The van der Waals surface area contributed by atoms with E-state index < -0.39 is 0 Å². The maximum atomic E-state index is 12.5. The van der Waals surface area contributed by atoms with Crippen molar-refractivity contribution in [2.75, 3.05) is 0 Å². The predicted octanol–water partition coefficient (Wildman–Crippen LogP) is 11.6. The summed E-state index contributed by atoms with van der Waals surface area (Å²) >= 11 is 9.09. The summed E-state index contributed by atoms with van der Waals surface area (Å²) in [6.07, 6.45) is 8.91. The number of aromatic nitrogens is 18. The van der Waals surface area contributed by atoms with Gasteiger partial charge in [-0.3, -0.25) is 30.6 Å². The molecule has 12 rings (SSSR count). The molecule has 0 fully saturated rings. The maximum absolute atomic E-state index is 12.5. The second-order valence-electron chi connectivity index (χ2n) is 14.6. The molecule has 21 heteroatoms. The number of rotatable bonds is 6. The molecule has 6 heterocycles. The van der Waals surface area contributed by atoms with E-state index >= 15 is 0 Å². The Morgan fingerprint density at radius 1 is 0.347 bits per heavy atom. The quantitative estimate of drug-likeness (QED) is 0.0910. The second kappa shape index (κ2) is 27.8. The molecule has 0 atom stereocenters. The lowest BCUT2D eigenvalue weighted by Gasteiger charge is -1.95. The third kappa shape index (κ3) is 16.5. The van der Waals surface area contributed by atoms with Crippen molar-refractivity contribution >= 4 is 27.5 Å². The fourth-order valence-electron chi connectivity index (χ4n) is 5.91. The van der Waals surface area contributed by atoms with Crippen molar-refractivity contribution in [1.29, 1.82) is 0 Å². The number of H-pyrrole nitrogens is 6. The van der Waals surface area contributed by atoms with E-state index in [0.29, 0.717) is 5.82 Å². The highest BCUT2D eigenvalue weighted by atomic mass is 79.9. The van der Waals surface area contributed by atoms with Crippen molar-refractivity contribution in [2.45, 2.75) is 21.3 Å². The zero-order chi connectivity index (χ0) is 49.5. The van der Waals surface area contributed by atoms with E-state index in [-0.39, 0.29) is 13.2 Å². The molecule has 0 aliphatic rings. The lowest BCUT2D eigenvalue weighted by Crippen LogP contribution is -1.80. The largest absolute Gasteiger partial charge is 0.259 e. The topological polar surface area (TPSA) is 249 Å². The van der Waals surface area contributed by atoms with Crippen LogP contribution in [0.25, 0.3) is 68.3 Å². The molecule has 18 nitrogen and oxygen atoms in total. The molecule has 0 unspecified atom stereocenters. The van der Waals surface area contributed by atoms with Crippen LogP contribution in [0.2, 0.25) is 5.02 Å². The number of nitrogens with zero attached hydrogens (tertiary/aromatic N) is 12. The lowest BCUT2D eigenvalue weighted by molar-refractivity contribution is 0.628. The Morgan fingerprint density at radius 3 is 0.875 bits per heavy atom. The molecule has 72 heavy (non-hydrogen) atoms. The monoisotopic (exact) mass is 1040 g/mol. The number of halogens is 3. The van der Waals surface area contributed by atoms with Gasteiger partial charge in [-0.2, -0.15) is 30.6 Å². The van der Waals surface area contributed by atoms with E-state index in [2.05, 4.69) is 145 Å². The molecule has 0 saturated carbocycles. The van der Waals surface area contributed by atoms with Crippen LogP contribution in [0.15, 0.2) is 194 Å². The third-order valence-electron chi connectivity index (χ3n) is 9.54. The summed E-state index contributed by atoms with van der Waals surface area (Å²) in [5, 5.41) is 39.9. The first-order valence-electron chi connectivity index (χ1n) is 21.4. The van der Waals surface area contributed by atoms with Crippen molar-refractivity contribution in [3.63, 3.8) is 0 Å². The Hall–Kier alpha value is -9.14. The van der Waals surface area contributed by atoms with Gasteiger partial charge in [-0.1, -0.05) is 137 Å². The van der Waals surface area contributed by atoms with Crippen molar-refractivity contribution in [2.24, 2.45) is 0 Å². The SMILES string of the molecule is Brc1ccc(-c2ncn[nH]2)cc1.C.Cc1ccc(-c2ncn[nH]2)cc1.Cc1ccc(-c2ncn[nH]2)cc1.Clc1ccc(-c2ncn[nH]2)cc1.Fc1ccc(-c2ncn[nH]2)cc1.c1ccc(-c2ncn[nH]2)cc1. The van der Waals surface area contributed by atoms with E-state index in [1.165, 1.54) is 61.2 Å². The van der Waals surface area contributed by atoms with Crippen molar-refractivity contribution in [3.8, 4) is 68.3 Å². The summed E-state index contributed by atoms with van der Waals surface area (Å²) in [4.78, 5) is 24.1. The molecule has 0 bridgehead atoms. The van der Waals surface area contributed by atoms with Crippen molar-refractivity contribution < 1.29 is 4.39 Å². The van der Waals surface area contributed by atoms with Crippen LogP contribution in [0, 0.1) is 19.7 Å². The van der Waals surface area contributed by atoms with Gasteiger partial charge >= 0.3 is 0 Å². The summed E-state index contributed by atoms with van der Waals surface area (Å²) in [5.41, 5.74) is 8.54. The maximum Gasteiger partial charge on any atom is 0.155 e.